The Balaban J connectivity index is 1.64. The SMILES string of the molecule is CC1NC(c2ccc(-c3ccccc3)s2)N(C2CC2)C1=O. The fraction of sp³-hybridized carbons (Fsp3) is 0.353. The van der Waals surface area contributed by atoms with Gasteiger partial charge in [0, 0.05) is 15.8 Å². The Morgan fingerprint density at radius 2 is 1.90 bits per heavy atom. The van der Waals surface area contributed by atoms with Crippen molar-refractivity contribution in [2.45, 2.75) is 38.0 Å². The van der Waals surface area contributed by atoms with Crippen LogP contribution >= 0.6 is 11.3 Å². The largest absolute Gasteiger partial charge is 0.318 e. The predicted molar refractivity (Wildman–Crippen MR) is 85.0 cm³/mol. The summed E-state index contributed by atoms with van der Waals surface area (Å²) in [6.07, 6.45) is 2.35. The van der Waals surface area contributed by atoms with E-state index in [-0.39, 0.29) is 18.1 Å². The Morgan fingerprint density at radius 3 is 2.62 bits per heavy atom. The second-order valence-corrected chi connectivity index (χ2v) is 6.95. The minimum Gasteiger partial charge on any atom is -0.318 e. The van der Waals surface area contributed by atoms with E-state index in [1.807, 2.05) is 13.0 Å². The third kappa shape index (κ3) is 2.28. The van der Waals surface area contributed by atoms with Crippen LogP contribution in [-0.4, -0.2) is 22.9 Å². The van der Waals surface area contributed by atoms with Gasteiger partial charge in [0.05, 0.1) is 6.04 Å². The van der Waals surface area contributed by atoms with Gasteiger partial charge in [-0.25, -0.2) is 0 Å². The average molecular weight is 298 g/mol. The standard InChI is InChI=1S/C17H18N2OS/c1-11-17(20)19(13-7-8-13)16(18-11)15-10-9-14(21-15)12-5-3-2-4-6-12/h2-6,9-11,13,16,18H,7-8H2,1H3. The molecular weight excluding hydrogens is 280 g/mol. The van der Waals surface area contributed by atoms with Gasteiger partial charge in [-0.2, -0.15) is 0 Å². The Bertz CT molecular complexity index is 662. The summed E-state index contributed by atoms with van der Waals surface area (Å²) in [6, 6.07) is 15.1. The van der Waals surface area contributed by atoms with Crippen LogP contribution in [0.2, 0.25) is 0 Å². The van der Waals surface area contributed by atoms with Crippen molar-refractivity contribution in [1.29, 1.82) is 0 Å². The second kappa shape index (κ2) is 4.97. The van der Waals surface area contributed by atoms with Crippen LogP contribution in [0.15, 0.2) is 42.5 Å². The molecule has 2 atom stereocenters. The molecule has 108 valence electrons. The van der Waals surface area contributed by atoms with Gasteiger partial charge in [-0.1, -0.05) is 30.3 Å². The van der Waals surface area contributed by atoms with E-state index < -0.39 is 0 Å². The number of thiophene rings is 1. The van der Waals surface area contributed by atoms with Crippen LogP contribution in [0.3, 0.4) is 0 Å². The highest BCUT2D eigenvalue weighted by Gasteiger charge is 2.45. The zero-order chi connectivity index (χ0) is 14.4. The van der Waals surface area contributed by atoms with Gasteiger partial charge in [-0.15, -0.1) is 11.3 Å². The van der Waals surface area contributed by atoms with Crippen molar-refractivity contribution in [2.24, 2.45) is 0 Å². The predicted octanol–water partition coefficient (Wildman–Crippen LogP) is 3.40. The van der Waals surface area contributed by atoms with Gasteiger partial charge in [-0.05, 0) is 37.5 Å². The smallest absolute Gasteiger partial charge is 0.241 e. The van der Waals surface area contributed by atoms with E-state index in [9.17, 15) is 4.79 Å². The van der Waals surface area contributed by atoms with Gasteiger partial charge < -0.3 is 4.90 Å². The van der Waals surface area contributed by atoms with Crippen molar-refractivity contribution >= 4 is 17.2 Å². The van der Waals surface area contributed by atoms with Crippen molar-refractivity contribution in [1.82, 2.24) is 10.2 Å². The summed E-state index contributed by atoms with van der Waals surface area (Å²) in [5, 5.41) is 3.44. The number of carbonyl (C=O) groups is 1. The van der Waals surface area contributed by atoms with Gasteiger partial charge in [-0.3, -0.25) is 10.1 Å². The number of nitrogens with one attached hydrogen (secondary N) is 1. The molecule has 21 heavy (non-hydrogen) atoms. The zero-order valence-electron chi connectivity index (χ0n) is 12.0. The van der Waals surface area contributed by atoms with Crippen molar-refractivity contribution in [3.63, 3.8) is 0 Å². The topological polar surface area (TPSA) is 32.3 Å². The molecule has 1 saturated heterocycles. The first-order valence-electron chi connectivity index (χ1n) is 7.47. The van der Waals surface area contributed by atoms with Crippen molar-refractivity contribution in [2.75, 3.05) is 0 Å². The Hall–Kier alpha value is -1.65. The molecule has 4 rings (SSSR count). The number of hydrogen-bond donors (Lipinski definition) is 1. The number of benzene rings is 1. The molecule has 2 unspecified atom stereocenters. The monoisotopic (exact) mass is 298 g/mol. The number of nitrogens with zero attached hydrogens (tertiary/aromatic N) is 1. The quantitative estimate of drug-likeness (QED) is 0.942. The van der Waals surface area contributed by atoms with Gasteiger partial charge in [0.2, 0.25) is 5.91 Å². The lowest BCUT2D eigenvalue weighted by Crippen LogP contribution is -2.32. The lowest BCUT2D eigenvalue weighted by atomic mass is 10.2. The van der Waals surface area contributed by atoms with Gasteiger partial charge in [0.15, 0.2) is 0 Å². The average Bonchev–Trinajstić information content (AvgIpc) is 3.14. The van der Waals surface area contributed by atoms with Crippen LogP contribution in [0.5, 0.6) is 0 Å². The van der Waals surface area contributed by atoms with Gasteiger partial charge >= 0.3 is 0 Å². The molecule has 2 aromatic rings. The van der Waals surface area contributed by atoms with E-state index in [4.69, 9.17) is 0 Å². The van der Waals surface area contributed by atoms with E-state index in [2.05, 4.69) is 46.6 Å². The molecule has 1 aromatic heterocycles. The minimum absolute atomic E-state index is 0.0578. The third-order valence-corrected chi connectivity index (χ3v) is 5.39. The first-order chi connectivity index (χ1) is 10.2. The molecule has 1 N–H and O–H groups in total. The second-order valence-electron chi connectivity index (χ2n) is 5.84. The summed E-state index contributed by atoms with van der Waals surface area (Å²) in [5.41, 5.74) is 1.24. The van der Waals surface area contributed by atoms with Crippen LogP contribution in [0.1, 0.15) is 30.8 Å². The number of hydrogen-bond acceptors (Lipinski definition) is 3. The van der Waals surface area contributed by atoms with E-state index >= 15 is 0 Å². The molecular formula is C17H18N2OS. The maximum absolute atomic E-state index is 12.3. The molecule has 1 aliphatic carbocycles. The highest BCUT2D eigenvalue weighted by Crippen LogP contribution is 2.40. The van der Waals surface area contributed by atoms with Gasteiger partial charge in [0.25, 0.3) is 0 Å². The van der Waals surface area contributed by atoms with Crippen molar-refractivity contribution < 1.29 is 4.79 Å². The molecule has 0 spiro atoms. The molecule has 1 amide bonds. The molecule has 4 heteroatoms. The molecule has 2 heterocycles. The van der Waals surface area contributed by atoms with E-state index in [1.54, 1.807) is 11.3 Å². The Morgan fingerprint density at radius 1 is 1.14 bits per heavy atom. The van der Waals surface area contributed by atoms with Crippen LogP contribution in [0.4, 0.5) is 0 Å². The number of amides is 1. The lowest BCUT2D eigenvalue weighted by molar-refractivity contribution is -0.130. The molecule has 1 aromatic carbocycles. The van der Waals surface area contributed by atoms with E-state index in [0.717, 1.165) is 12.8 Å². The molecule has 1 saturated carbocycles. The summed E-state index contributed by atoms with van der Waals surface area (Å²) in [7, 11) is 0. The van der Waals surface area contributed by atoms with Gasteiger partial charge in [0.1, 0.15) is 6.17 Å². The van der Waals surface area contributed by atoms with Crippen LogP contribution < -0.4 is 5.32 Å². The fourth-order valence-corrected chi connectivity index (χ4v) is 4.03. The first-order valence-corrected chi connectivity index (χ1v) is 8.29. The maximum Gasteiger partial charge on any atom is 0.241 e. The highest BCUT2D eigenvalue weighted by molar-refractivity contribution is 7.15. The lowest BCUT2D eigenvalue weighted by Gasteiger charge is -2.22. The number of carbonyl (C=O) groups excluding carboxylic acids is 1. The highest BCUT2D eigenvalue weighted by atomic mass is 32.1. The van der Waals surface area contributed by atoms with Crippen molar-refractivity contribution in [3.05, 3.63) is 47.3 Å². The normalized spacial score (nSPS) is 25.6. The first kappa shape index (κ1) is 13.0. The Labute approximate surface area is 128 Å². The molecule has 3 nitrogen and oxygen atoms in total. The molecule has 0 bridgehead atoms. The minimum atomic E-state index is -0.0714. The van der Waals surface area contributed by atoms with Crippen LogP contribution in [-0.2, 0) is 4.79 Å². The van der Waals surface area contributed by atoms with E-state index in [0.29, 0.717) is 6.04 Å². The third-order valence-electron chi connectivity index (χ3n) is 4.21. The maximum atomic E-state index is 12.3. The van der Waals surface area contributed by atoms with E-state index in [1.165, 1.54) is 15.3 Å². The van der Waals surface area contributed by atoms with Crippen molar-refractivity contribution in [3.8, 4) is 10.4 Å². The Kier molecular flexibility index (Phi) is 3.08. The molecule has 2 fully saturated rings. The number of rotatable bonds is 3. The van der Waals surface area contributed by atoms with Crippen LogP contribution in [0.25, 0.3) is 10.4 Å². The molecule has 0 radical (unpaired) electrons. The van der Waals surface area contributed by atoms with Crippen LogP contribution in [0, 0.1) is 0 Å². The summed E-state index contributed by atoms with van der Waals surface area (Å²) in [6.45, 7) is 1.96. The summed E-state index contributed by atoms with van der Waals surface area (Å²) < 4.78 is 0. The zero-order valence-corrected chi connectivity index (χ0v) is 12.8. The fourth-order valence-electron chi connectivity index (χ4n) is 2.96. The molecule has 2 aliphatic rings. The molecule has 1 aliphatic heterocycles. The summed E-state index contributed by atoms with van der Waals surface area (Å²) in [4.78, 5) is 16.9. The summed E-state index contributed by atoms with van der Waals surface area (Å²) >= 11 is 1.78. The summed E-state index contributed by atoms with van der Waals surface area (Å²) in [5.74, 6) is 0.247.